The number of hydrogen-bond acceptors (Lipinski definition) is 4. The zero-order chi connectivity index (χ0) is 22.2. The van der Waals surface area contributed by atoms with E-state index in [0.29, 0.717) is 24.5 Å². The Morgan fingerprint density at radius 3 is 2.66 bits per heavy atom. The third kappa shape index (κ3) is 3.36. The molecule has 0 bridgehead atoms. The van der Waals surface area contributed by atoms with Gasteiger partial charge in [-0.05, 0) is 18.6 Å². The van der Waals surface area contributed by atoms with E-state index in [9.17, 15) is 9.59 Å². The second-order valence-corrected chi connectivity index (χ2v) is 8.06. The Balaban J connectivity index is 1.33. The normalized spacial score (nSPS) is 13.4. The molecule has 5 rings (SSSR count). The predicted octanol–water partition coefficient (Wildman–Crippen LogP) is 4.07. The Labute approximate surface area is 185 Å². The van der Waals surface area contributed by atoms with Gasteiger partial charge in [0, 0.05) is 36.6 Å². The van der Waals surface area contributed by atoms with Gasteiger partial charge in [0.25, 0.3) is 5.91 Å². The minimum absolute atomic E-state index is 0.00338. The van der Waals surface area contributed by atoms with Crippen LogP contribution >= 0.6 is 0 Å². The van der Waals surface area contributed by atoms with Crippen LogP contribution in [0.1, 0.15) is 33.0 Å². The van der Waals surface area contributed by atoms with Gasteiger partial charge in [0.05, 0.1) is 23.5 Å². The number of nitrogens with zero attached hydrogens (tertiary/aromatic N) is 4. The average molecular weight is 428 g/mol. The number of rotatable bonds is 4. The highest BCUT2D eigenvalue weighted by atomic mass is 16.5. The van der Waals surface area contributed by atoms with Crippen LogP contribution in [0.25, 0.3) is 10.9 Å². The van der Waals surface area contributed by atoms with Crippen molar-refractivity contribution in [3.05, 3.63) is 89.1 Å². The topological polar surface area (TPSA) is 69.4 Å². The highest BCUT2D eigenvalue weighted by Gasteiger charge is 2.30. The first-order valence-electron chi connectivity index (χ1n) is 10.6. The standard InChI is InChI=1S/C25H24N4O3/c1-17-20(26-16-29(17)25(31)32-15-18-8-4-3-5-9-18)14-28-13-12-22-23(24(28)30)19-10-6-7-11-21(19)27(22)2/h3-11,16H,12-15H2,1-2H3. The summed E-state index contributed by atoms with van der Waals surface area (Å²) >= 11 is 0. The van der Waals surface area contributed by atoms with Gasteiger partial charge in [0.15, 0.2) is 0 Å². The molecule has 32 heavy (non-hydrogen) atoms. The van der Waals surface area contributed by atoms with Crippen LogP contribution in [0.3, 0.4) is 0 Å². The molecule has 0 N–H and O–H groups in total. The molecule has 0 saturated heterocycles. The SMILES string of the molecule is Cc1c(CN2CCc3c(c4ccccc4n3C)C2=O)ncn1C(=O)OCc1ccccc1. The van der Waals surface area contributed by atoms with Crippen molar-refractivity contribution in [1.82, 2.24) is 19.0 Å². The lowest BCUT2D eigenvalue weighted by Crippen LogP contribution is -2.37. The van der Waals surface area contributed by atoms with Crippen LogP contribution in [0, 0.1) is 6.92 Å². The van der Waals surface area contributed by atoms with E-state index in [1.807, 2.05) is 73.5 Å². The summed E-state index contributed by atoms with van der Waals surface area (Å²) < 4.78 is 8.93. The number of imidazole rings is 1. The summed E-state index contributed by atoms with van der Waals surface area (Å²) in [5.74, 6) is 0.00338. The quantitative estimate of drug-likeness (QED) is 0.491. The largest absolute Gasteiger partial charge is 0.444 e. The number of aromatic nitrogens is 3. The van der Waals surface area contributed by atoms with Gasteiger partial charge in [0.1, 0.15) is 12.9 Å². The van der Waals surface area contributed by atoms with Crippen molar-refractivity contribution in [2.24, 2.45) is 7.05 Å². The first-order chi connectivity index (χ1) is 15.5. The number of benzene rings is 2. The second kappa shape index (κ2) is 8.00. The Bertz CT molecular complexity index is 1320. The summed E-state index contributed by atoms with van der Waals surface area (Å²) in [7, 11) is 2.01. The van der Waals surface area contributed by atoms with Gasteiger partial charge in [-0.3, -0.25) is 4.79 Å². The lowest BCUT2D eigenvalue weighted by Gasteiger charge is -2.27. The van der Waals surface area contributed by atoms with Crippen molar-refractivity contribution in [3.63, 3.8) is 0 Å². The highest BCUT2D eigenvalue weighted by Crippen LogP contribution is 2.30. The predicted molar refractivity (Wildman–Crippen MR) is 120 cm³/mol. The first-order valence-corrected chi connectivity index (χ1v) is 10.6. The molecule has 1 aliphatic rings. The van der Waals surface area contributed by atoms with Crippen molar-refractivity contribution in [3.8, 4) is 0 Å². The van der Waals surface area contributed by atoms with Crippen LogP contribution in [0.5, 0.6) is 0 Å². The molecule has 7 nitrogen and oxygen atoms in total. The number of carbonyl (C=O) groups excluding carboxylic acids is 2. The van der Waals surface area contributed by atoms with E-state index in [4.69, 9.17) is 4.74 Å². The van der Waals surface area contributed by atoms with Crippen molar-refractivity contribution in [1.29, 1.82) is 0 Å². The molecule has 1 aliphatic heterocycles. The van der Waals surface area contributed by atoms with Gasteiger partial charge in [0.2, 0.25) is 0 Å². The number of carbonyl (C=O) groups is 2. The van der Waals surface area contributed by atoms with Gasteiger partial charge in [-0.1, -0.05) is 48.5 Å². The van der Waals surface area contributed by atoms with Gasteiger partial charge in [-0.25, -0.2) is 14.3 Å². The number of fused-ring (bicyclic) bond motifs is 3. The Kier molecular flexibility index (Phi) is 5.01. The fourth-order valence-electron chi connectivity index (χ4n) is 4.38. The average Bonchev–Trinajstić information content (AvgIpc) is 3.32. The molecule has 0 spiro atoms. The molecular weight excluding hydrogens is 404 g/mol. The van der Waals surface area contributed by atoms with E-state index in [1.165, 1.54) is 10.9 Å². The summed E-state index contributed by atoms with van der Waals surface area (Å²) in [6.07, 6.45) is 1.77. The van der Waals surface area contributed by atoms with Crippen molar-refractivity contribution in [2.75, 3.05) is 6.54 Å². The van der Waals surface area contributed by atoms with Crippen LogP contribution in [0.15, 0.2) is 60.9 Å². The van der Waals surface area contributed by atoms with Crippen LogP contribution in [-0.4, -0.2) is 37.6 Å². The number of aryl methyl sites for hydroxylation is 1. The molecule has 7 heteroatoms. The third-order valence-electron chi connectivity index (χ3n) is 6.20. The van der Waals surface area contributed by atoms with Crippen LogP contribution in [0.2, 0.25) is 0 Å². The molecule has 0 unspecified atom stereocenters. The maximum Gasteiger partial charge on any atom is 0.419 e. The Morgan fingerprint density at radius 2 is 1.84 bits per heavy atom. The Morgan fingerprint density at radius 1 is 1.09 bits per heavy atom. The van der Waals surface area contributed by atoms with Crippen molar-refractivity contribution < 1.29 is 14.3 Å². The molecule has 3 heterocycles. The van der Waals surface area contributed by atoms with E-state index in [-0.39, 0.29) is 12.5 Å². The molecule has 0 radical (unpaired) electrons. The monoisotopic (exact) mass is 428 g/mol. The van der Waals surface area contributed by atoms with Gasteiger partial charge >= 0.3 is 6.09 Å². The molecule has 4 aromatic rings. The summed E-state index contributed by atoms with van der Waals surface area (Å²) in [4.78, 5) is 32.1. The first kappa shape index (κ1) is 20.1. The lowest BCUT2D eigenvalue weighted by molar-refractivity contribution is 0.0725. The fourth-order valence-corrected chi connectivity index (χ4v) is 4.38. The van der Waals surface area contributed by atoms with E-state index in [0.717, 1.165) is 34.1 Å². The van der Waals surface area contributed by atoms with E-state index >= 15 is 0 Å². The minimum Gasteiger partial charge on any atom is -0.444 e. The summed E-state index contributed by atoms with van der Waals surface area (Å²) in [6, 6.07) is 17.5. The second-order valence-electron chi connectivity index (χ2n) is 8.06. The Hall–Kier alpha value is -3.87. The number of amides is 1. The van der Waals surface area contributed by atoms with Gasteiger partial charge < -0.3 is 14.2 Å². The molecule has 0 atom stereocenters. The zero-order valence-electron chi connectivity index (χ0n) is 18.1. The smallest absolute Gasteiger partial charge is 0.419 e. The van der Waals surface area contributed by atoms with Gasteiger partial charge in [-0.2, -0.15) is 0 Å². The molecule has 162 valence electrons. The fraction of sp³-hybridized carbons (Fsp3) is 0.240. The van der Waals surface area contributed by atoms with Gasteiger partial charge in [-0.15, -0.1) is 0 Å². The maximum absolute atomic E-state index is 13.3. The number of hydrogen-bond donors (Lipinski definition) is 0. The summed E-state index contributed by atoms with van der Waals surface area (Å²) in [6.45, 7) is 2.98. The molecular formula is C25H24N4O3. The summed E-state index contributed by atoms with van der Waals surface area (Å²) in [5, 5.41) is 0.978. The van der Waals surface area contributed by atoms with Crippen LogP contribution < -0.4 is 0 Å². The van der Waals surface area contributed by atoms with E-state index in [1.54, 1.807) is 0 Å². The molecule has 0 fully saturated rings. The lowest BCUT2D eigenvalue weighted by atomic mass is 10.0. The number of ether oxygens (including phenoxy) is 1. The maximum atomic E-state index is 13.3. The number of para-hydroxylation sites is 1. The van der Waals surface area contributed by atoms with Crippen LogP contribution in [-0.2, 0) is 31.4 Å². The summed E-state index contributed by atoms with van der Waals surface area (Å²) in [5.41, 5.74) is 5.20. The van der Waals surface area contributed by atoms with Crippen molar-refractivity contribution in [2.45, 2.75) is 26.5 Å². The minimum atomic E-state index is -0.480. The van der Waals surface area contributed by atoms with E-state index < -0.39 is 6.09 Å². The molecule has 0 aliphatic carbocycles. The molecule has 0 saturated carbocycles. The molecule has 2 aromatic carbocycles. The molecule has 1 amide bonds. The van der Waals surface area contributed by atoms with Crippen molar-refractivity contribution >= 4 is 22.9 Å². The van der Waals surface area contributed by atoms with Crippen LogP contribution in [0.4, 0.5) is 4.79 Å². The third-order valence-corrected chi connectivity index (χ3v) is 6.20. The highest BCUT2D eigenvalue weighted by molar-refractivity contribution is 6.09. The molecule has 2 aromatic heterocycles. The zero-order valence-corrected chi connectivity index (χ0v) is 18.1. The van der Waals surface area contributed by atoms with E-state index in [2.05, 4.69) is 9.55 Å².